The minimum atomic E-state index is -1.41. The molecule has 3 saturated carbocycles. The standard InChI is InChI=1S/C22H32O5/c1-12-6-7-16-19(12)20-15(10-18(25)22(16,20)5)13(2)17(24)8-9-21(4,26)11-27-14(3)23/h8-9,12,15-16,18-20,25-26H,2,6-7,10-11H2,1,3-5H3/b9-8+/t12-,15+,16+,18-,19-,20+,21?,22+/m1/s1. The van der Waals surface area contributed by atoms with E-state index < -0.39 is 11.6 Å². The van der Waals surface area contributed by atoms with Gasteiger partial charge in [-0.05, 0) is 67.1 Å². The number of ketones is 1. The van der Waals surface area contributed by atoms with Gasteiger partial charge in [0, 0.05) is 12.3 Å². The molecule has 0 aliphatic heterocycles. The van der Waals surface area contributed by atoms with Crippen molar-refractivity contribution in [1.82, 2.24) is 0 Å². The first-order valence-corrected chi connectivity index (χ1v) is 9.95. The number of hydrogen-bond acceptors (Lipinski definition) is 5. The van der Waals surface area contributed by atoms with Crippen LogP contribution in [0.2, 0.25) is 0 Å². The molecule has 150 valence electrons. The Bertz CT molecular complexity index is 678. The lowest BCUT2D eigenvalue weighted by Crippen LogP contribution is -2.57. The Morgan fingerprint density at radius 2 is 2.04 bits per heavy atom. The van der Waals surface area contributed by atoms with E-state index in [-0.39, 0.29) is 29.8 Å². The van der Waals surface area contributed by atoms with Crippen molar-refractivity contribution in [3.05, 3.63) is 24.3 Å². The molecular formula is C22H32O5. The van der Waals surface area contributed by atoms with Crippen molar-refractivity contribution in [2.24, 2.45) is 35.0 Å². The number of allylic oxidation sites excluding steroid dienone is 2. The predicted octanol–water partition coefficient (Wildman–Crippen LogP) is 2.66. The van der Waals surface area contributed by atoms with Gasteiger partial charge in [0.2, 0.25) is 0 Å². The third-order valence-corrected chi connectivity index (χ3v) is 7.54. The summed E-state index contributed by atoms with van der Waals surface area (Å²) >= 11 is 0. The third kappa shape index (κ3) is 3.29. The molecule has 27 heavy (non-hydrogen) atoms. The van der Waals surface area contributed by atoms with Gasteiger partial charge in [0.05, 0.1) is 6.10 Å². The summed E-state index contributed by atoms with van der Waals surface area (Å²) in [6.07, 6.45) is 5.24. The summed E-state index contributed by atoms with van der Waals surface area (Å²) in [5.41, 5.74) is -0.999. The van der Waals surface area contributed by atoms with Crippen molar-refractivity contribution in [3.63, 3.8) is 0 Å². The summed E-state index contributed by atoms with van der Waals surface area (Å²) in [5.74, 6) is 1.34. The maximum Gasteiger partial charge on any atom is 0.302 e. The molecule has 3 fully saturated rings. The van der Waals surface area contributed by atoms with Gasteiger partial charge in [0.15, 0.2) is 5.78 Å². The smallest absolute Gasteiger partial charge is 0.302 e. The molecule has 3 aliphatic carbocycles. The second-order valence-electron chi connectivity index (χ2n) is 9.35. The Morgan fingerprint density at radius 1 is 1.37 bits per heavy atom. The molecule has 0 heterocycles. The number of carbonyl (C=O) groups is 2. The van der Waals surface area contributed by atoms with Crippen LogP contribution < -0.4 is 0 Å². The van der Waals surface area contributed by atoms with Crippen LogP contribution in [-0.2, 0) is 14.3 Å². The minimum Gasteiger partial charge on any atom is -0.462 e. The number of rotatable bonds is 6. The van der Waals surface area contributed by atoms with E-state index in [2.05, 4.69) is 20.4 Å². The number of hydrogen-bond donors (Lipinski definition) is 2. The van der Waals surface area contributed by atoms with Crippen LogP contribution in [0.25, 0.3) is 0 Å². The summed E-state index contributed by atoms with van der Waals surface area (Å²) in [4.78, 5) is 23.6. The highest BCUT2D eigenvalue weighted by Crippen LogP contribution is 2.73. The Morgan fingerprint density at radius 3 is 2.67 bits per heavy atom. The van der Waals surface area contributed by atoms with Crippen LogP contribution in [0.4, 0.5) is 0 Å². The van der Waals surface area contributed by atoms with E-state index >= 15 is 0 Å². The molecule has 5 nitrogen and oxygen atoms in total. The zero-order valence-corrected chi connectivity index (χ0v) is 16.8. The van der Waals surface area contributed by atoms with E-state index in [4.69, 9.17) is 4.74 Å². The fraction of sp³-hybridized carbons (Fsp3) is 0.727. The molecule has 2 N–H and O–H groups in total. The lowest BCUT2D eigenvalue weighted by molar-refractivity contribution is -0.145. The topological polar surface area (TPSA) is 83.8 Å². The lowest BCUT2D eigenvalue weighted by atomic mass is 9.46. The van der Waals surface area contributed by atoms with Gasteiger partial charge in [-0.25, -0.2) is 0 Å². The van der Waals surface area contributed by atoms with Gasteiger partial charge in [0.25, 0.3) is 0 Å². The van der Waals surface area contributed by atoms with Crippen molar-refractivity contribution in [3.8, 4) is 0 Å². The average Bonchev–Trinajstić information content (AvgIpc) is 3.03. The van der Waals surface area contributed by atoms with Crippen LogP contribution in [-0.4, -0.2) is 40.3 Å². The fourth-order valence-corrected chi connectivity index (χ4v) is 6.11. The van der Waals surface area contributed by atoms with Crippen molar-refractivity contribution in [2.45, 2.75) is 58.7 Å². The van der Waals surface area contributed by atoms with E-state index in [1.807, 2.05) is 0 Å². The summed E-state index contributed by atoms with van der Waals surface area (Å²) < 4.78 is 4.82. The maximum absolute atomic E-state index is 12.7. The van der Waals surface area contributed by atoms with Gasteiger partial charge >= 0.3 is 5.97 Å². The maximum atomic E-state index is 12.7. The summed E-state index contributed by atoms with van der Waals surface area (Å²) in [5, 5.41) is 21.0. The van der Waals surface area contributed by atoms with E-state index in [0.717, 1.165) is 0 Å². The summed E-state index contributed by atoms with van der Waals surface area (Å²) in [7, 11) is 0. The molecule has 3 aliphatic rings. The van der Waals surface area contributed by atoms with Gasteiger partial charge in [-0.2, -0.15) is 0 Å². The Labute approximate surface area is 161 Å². The molecule has 8 atom stereocenters. The number of ether oxygens (including phenoxy) is 1. The molecule has 0 amide bonds. The highest BCUT2D eigenvalue weighted by molar-refractivity contribution is 6.04. The number of aliphatic hydroxyl groups is 2. The number of fused-ring (bicyclic) bond motifs is 4. The number of esters is 1. The molecule has 0 radical (unpaired) electrons. The molecule has 1 unspecified atom stereocenters. The van der Waals surface area contributed by atoms with Gasteiger partial charge in [-0.3, -0.25) is 9.59 Å². The average molecular weight is 376 g/mol. The van der Waals surface area contributed by atoms with Crippen LogP contribution in [0.5, 0.6) is 0 Å². The number of aliphatic hydroxyl groups excluding tert-OH is 1. The van der Waals surface area contributed by atoms with Crippen LogP contribution in [0.1, 0.15) is 47.0 Å². The quantitative estimate of drug-likeness (QED) is 0.550. The van der Waals surface area contributed by atoms with E-state index in [9.17, 15) is 19.8 Å². The molecule has 0 aromatic heterocycles. The van der Waals surface area contributed by atoms with Crippen molar-refractivity contribution in [1.29, 1.82) is 0 Å². The second kappa shape index (κ2) is 6.85. The molecule has 0 aromatic rings. The van der Waals surface area contributed by atoms with Crippen LogP contribution in [0.3, 0.4) is 0 Å². The van der Waals surface area contributed by atoms with Crippen molar-refractivity contribution >= 4 is 11.8 Å². The fourth-order valence-electron chi connectivity index (χ4n) is 6.11. The van der Waals surface area contributed by atoms with Crippen LogP contribution in [0.15, 0.2) is 24.3 Å². The highest BCUT2D eigenvalue weighted by Gasteiger charge is 2.70. The largest absolute Gasteiger partial charge is 0.462 e. The molecular weight excluding hydrogens is 344 g/mol. The molecule has 0 bridgehead atoms. The Kier molecular flexibility index (Phi) is 5.15. The van der Waals surface area contributed by atoms with E-state index in [1.54, 1.807) is 0 Å². The summed E-state index contributed by atoms with van der Waals surface area (Å²) in [6.45, 7) is 11.1. The molecule has 0 spiro atoms. The first-order valence-electron chi connectivity index (χ1n) is 9.95. The lowest BCUT2D eigenvalue weighted by Gasteiger charge is -2.58. The van der Waals surface area contributed by atoms with Crippen molar-refractivity contribution in [2.75, 3.05) is 6.61 Å². The van der Waals surface area contributed by atoms with Gasteiger partial charge in [-0.1, -0.05) is 26.8 Å². The van der Waals surface area contributed by atoms with Gasteiger partial charge < -0.3 is 14.9 Å². The summed E-state index contributed by atoms with van der Waals surface area (Å²) in [6, 6.07) is 0. The number of carbonyl (C=O) groups excluding carboxylic acids is 2. The predicted molar refractivity (Wildman–Crippen MR) is 102 cm³/mol. The first kappa shape index (κ1) is 20.3. The Hall–Kier alpha value is -1.46. The van der Waals surface area contributed by atoms with Gasteiger partial charge in [0.1, 0.15) is 12.2 Å². The minimum absolute atomic E-state index is 0.0117. The SMILES string of the molecule is C=C(C(=O)/C=C/C(C)(O)COC(C)=O)[C@@H]1C[C@@H](O)[C@@]2(C)[C@@H]1[C@@H]1[C@H](C)CC[C@@H]12. The van der Waals surface area contributed by atoms with Crippen molar-refractivity contribution < 1.29 is 24.5 Å². The normalized spacial score (nSPS) is 42.1. The first-order chi connectivity index (χ1) is 12.5. The van der Waals surface area contributed by atoms with Crippen LogP contribution >= 0.6 is 0 Å². The van der Waals surface area contributed by atoms with Gasteiger partial charge in [-0.15, -0.1) is 0 Å². The Balaban J connectivity index is 1.70. The zero-order chi connectivity index (χ0) is 20.1. The van der Waals surface area contributed by atoms with Crippen LogP contribution in [0, 0.1) is 35.0 Å². The molecule has 5 heteroatoms. The van der Waals surface area contributed by atoms with E-state index in [0.29, 0.717) is 35.7 Å². The monoisotopic (exact) mass is 376 g/mol. The highest BCUT2D eigenvalue weighted by atomic mass is 16.5. The third-order valence-electron chi connectivity index (χ3n) is 7.54. The second-order valence-corrected chi connectivity index (χ2v) is 9.35. The zero-order valence-electron chi connectivity index (χ0n) is 16.8. The molecule has 3 rings (SSSR count). The van der Waals surface area contributed by atoms with E-state index in [1.165, 1.54) is 38.8 Å². The molecule has 0 aromatic carbocycles. The molecule has 0 saturated heterocycles.